The van der Waals surface area contributed by atoms with Crippen molar-refractivity contribution in [3.05, 3.63) is 53.3 Å². The maximum Gasteiger partial charge on any atom is 0.359 e. The van der Waals surface area contributed by atoms with Gasteiger partial charge in [-0.25, -0.2) is 9.59 Å². The van der Waals surface area contributed by atoms with E-state index in [-0.39, 0.29) is 31.1 Å². The highest BCUT2D eigenvalue weighted by Gasteiger charge is 2.26. The van der Waals surface area contributed by atoms with Gasteiger partial charge in [0.25, 0.3) is 0 Å². The molecule has 1 N–H and O–H groups in total. The third-order valence-electron chi connectivity index (χ3n) is 3.37. The fraction of sp³-hybridized carbons (Fsp3) is 0.353. The number of esters is 2. The van der Waals surface area contributed by atoms with Crippen molar-refractivity contribution in [2.45, 2.75) is 19.9 Å². The molecule has 1 aromatic heterocycles. The molecule has 24 heavy (non-hydrogen) atoms. The van der Waals surface area contributed by atoms with Crippen LogP contribution in [-0.2, 0) is 9.47 Å². The van der Waals surface area contributed by atoms with Crippen LogP contribution >= 0.6 is 0 Å². The van der Waals surface area contributed by atoms with Gasteiger partial charge in [0, 0.05) is 6.20 Å². The lowest BCUT2D eigenvalue weighted by atomic mass is 10.1. The van der Waals surface area contributed by atoms with E-state index in [4.69, 9.17) is 9.47 Å². The number of aliphatic hydroxyl groups excluding tert-OH is 1. The van der Waals surface area contributed by atoms with Gasteiger partial charge in [-0.05, 0) is 19.4 Å². The third kappa shape index (κ3) is 3.80. The summed E-state index contributed by atoms with van der Waals surface area (Å²) < 4.78 is 11.3. The molecule has 0 fully saturated rings. The van der Waals surface area contributed by atoms with E-state index < -0.39 is 18.0 Å². The van der Waals surface area contributed by atoms with E-state index in [0.29, 0.717) is 0 Å². The first-order chi connectivity index (χ1) is 11.6. The second-order valence-corrected chi connectivity index (χ2v) is 4.92. The molecule has 1 atom stereocenters. The number of carbonyl (C=O) groups excluding carboxylic acids is 2. The maximum atomic E-state index is 12.1. The standard InChI is InChI=1S/C17H20N2O5/c1-3-23-16(21)13-10-19(18-15(13)17(22)24-4-2)14(11-20)12-8-6-5-7-9-12/h5-10,14,20H,3-4,11H2,1-2H3/t14-/m0/s1. The van der Waals surface area contributed by atoms with E-state index >= 15 is 0 Å². The van der Waals surface area contributed by atoms with Crippen molar-refractivity contribution in [2.24, 2.45) is 0 Å². The average Bonchev–Trinajstić information content (AvgIpc) is 3.02. The van der Waals surface area contributed by atoms with Gasteiger partial charge in [-0.3, -0.25) is 4.68 Å². The van der Waals surface area contributed by atoms with Gasteiger partial charge in [0.05, 0.1) is 25.9 Å². The van der Waals surface area contributed by atoms with Crippen molar-refractivity contribution in [3.8, 4) is 0 Å². The monoisotopic (exact) mass is 332 g/mol. The summed E-state index contributed by atoms with van der Waals surface area (Å²) in [5.41, 5.74) is 0.697. The number of ether oxygens (including phenoxy) is 2. The zero-order valence-electron chi connectivity index (χ0n) is 13.6. The molecule has 0 aliphatic carbocycles. The molecule has 2 rings (SSSR count). The molecule has 0 aliphatic rings. The molecule has 0 spiro atoms. The smallest absolute Gasteiger partial charge is 0.359 e. The highest BCUT2D eigenvalue weighted by Crippen LogP contribution is 2.20. The number of aliphatic hydroxyl groups is 1. The minimum atomic E-state index is -0.705. The lowest BCUT2D eigenvalue weighted by Crippen LogP contribution is -2.16. The minimum Gasteiger partial charge on any atom is -0.462 e. The lowest BCUT2D eigenvalue weighted by Gasteiger charge is -2.15. The Morgan fingerprint density at radius 3 is 2.33 bits per heavy atom. The summed E-state index contributed by atoms with van der Waals surface area (Å²) in [4.78, 5) is 24.2. The maximum absolute atomic E-state index is 12.1. The summed E-state index contributed by atoms with van der Waals surface area (Å²) in [6.45, 7) is 3.44. The van der Waals surface area contributed by atoms with Crippen LogP contribution in [0.25, 0.3) is 0 Å². The number of aromatic nitrogens is 2. The summed E-state index contributed by atoms with van der Waals surface area (Å²) in [6.07, 6.45) is 1.40. The Kier molecular flexibility index (Phi) is 6.08. The molecule has 0 amide bonds. The van der Waals surface area contributed by atoms with Gasteiger partial charge in [0.2, 0.25) is 0 Å². The van der Waals surface area contributed by atoms with Crippen LogP contribution in [0.1, 0.15) is 46.3 Å². The highest BCUT2D eigenvalue weighted by atomic mass is 16.5. The molecule has 1 heterocycles. The van der Waals surface area contributed by atoms with Gasteiger partial charge in [-0.1, -0.05) is 30.3 Å². The molecule has 0 radical (unpaired) electrons. The molecule has 2 aromatic rings. The molecule has 1 aromatic carbocycles. The van der Waals surface area contributed by atoms with Crippen LogP contribution in [0.3, 0.4) is 0 Å². The first-order valence-corrected chi connectivity index (χ1v) is 7.71. The van der Waals surface area contributed by atoms with Crippen molar-refractivity contribution in [1.29, 1.82) is 0 Å². The SMILES string of the molecule is CCOC(=O)c1cn([C@@H](CO)c2ccccc2)nc1C(=O)OCC. The fourth-order valence-corrected chi connectivity index (χ4v) is 2.28. The Labute approximate surface area is 139 Å². The number of nitrogens with zero attached hydrogens (tertiary/aromatic N) is 2. The molecule has 0 bridgehead atoms. The van der Waals surface area contributed by atoms with Crippen molar-refractivity contribution in [1.82, 2.24) is 9.78 Å². The molecule has 0 aliphatic heterocycles. The predicted molar refractivity (Wildman–Crippen MR) is 85.8 cm³/mol. The van der Waals surface area contributed by atoms with Crippen LogP contribution in [0.5, 0.6) is 0 Å². The Morgan fingerprint density at radius 2 is 1.75 bits per heavy atom. The second kappa shape index (κ2) is 8.26. The Morgan fingerprint density at radius 1 is 1.12 bits per heavy atom. The Balaban J connectivity index is 2.45. The van der Waals surface area contributed by atoms with Crippen LogP contribution in [-0.4, -0.2) is 46.6 Å². The van der Waals surface area contributed by atoms with Gasteiger partial charge in [-0.2, -0.15) is 5.10 Å². The van der Waals surface area contributed by atoms with Crippen molar-refractivity contribution in [2.75, 3.05) is 19.8 Å². The molecule has 7 nitrogen and oxygen atoms in total. The van der Waals surface area contributed by atoms with Crippen molar-refractivity contribution >= 4 is 11.9 Å². The van der Waals surface area contributed by atoms with Gasteiger partial charge in [0.1, 0.15) is 5.56 Å². The summed E-state index contributed by atoms with van der Waals surface area (Å²) in [5.74, 6) is -1.36. The summed E-state index contributed by atoms with van der Waals surface area (Å²) >= 11 is 0. The molecule has 0 saturated carbocycles. The number of benzene rings is 1. The van der Waals surface area contributed by atoms with Gasteiger partial charge in [-0.15, -0.1) is 0 Å². The van der Waals surface area contributed by atoms with Gasteiger partial charge < -0.3 is 14.6 Å². The molecule has 0 saturated heterocycles. The number of carbonyl (C=O) groups is 2. The molecule has 0 unspecified atom stereocenters. The number of rotatable bonds is 7. The van der Waals surface area contributed by atoms with Crippen LogP contribution in [0.4, 0.5) is 0 Å². The average molecular weight is 332 g/mol. The molecular weight excluding hydrogens is 312 g/mol. The quantitative estimate of drug-likeness (QED) is 0.778. The number of hydrogen-bond acceptors (Lipinski definition) is 6. The normalized spacial score (nSPS) is 11.8. The van der Waals surface area contributed by atoms with Crippen LogP contribution < -0.4 is 0 Å². The van der Waals surface area contributed by atoms with Crippen LogP contribution in [0, 0.1) is 0 Å². The van der Waals surface area contributed by atoms with E-state index in [0.717, 1.165) is 5.56 Å². The third-order valence-corrected chi connectivity index (χ3v) is 3.37. The summed E-state index contributed by atoms with van der Waals surface area (Å²) in [5, 5.41) is 13.9. The Hall–Kier alpha value is -2.67. The Bertz CT molecular complexity index is 661. The van der Waals surface area contributed by atoms with Crippen molar-refractivity contribution < 1.29 is 24.2 Å². The summed E-state index contributed by atoms with van der Waals surface area (Å²) in [6, 6.07) is 8.66. The first-order valence-electron chi connectivity index (χ1n) is 7.71. The van der Waals surface area contributed by atoms with Gasteiger partial charge >= 0.3 is 11.9 Å². The largest absolute Gasteiger partial charge is 0.462 e. The highest BCUT2D eigenvalue weighted by molar-refractivity contribution is 6.01. The second-order valence-electron chi connectivity index (χ2n) is 4.92. The van der Waals surface area contributed by atoms with E-state index in [2.05, 4.69) is 5.10 Å². The molecular formula is C17H20N2O5. The first kappa shape index (κ1) is 17.7. The fourth-order valence-electron chi connectivity index (χ4n) is 2.28. The van der Waals surface area contributed by atoms with Gasteiger partial charge in [0.15, 0.2) is 5.69 Å². The van der Waals surface area contributed by atoms with Crippen LogP contribution in [0.15, 0.2) is 36.5 Å². The molecule has 128 valence electrons. The topological polar surface area (TPSA) is 90.6 Å². The lowest BCUT2D eigenvalue weighted by molar-refractivity contribution is 0.0475. The summed E-state index contributed by atoms with van der Waals surface area (Å²) in [7, 11) is 0. The minimum absolute atomic E-state index is 0.0182. The predicted octanol–water partition coefficient (Wildman–Crippen LogP) is 1.82. The van der Waals surface area contributed by atoms with Crippen LogP contribution in [0.2, 0.25) is 0 Å². The van der Waals surface area contributed by atoms with Crippen molar-refractivity contribution in [3.63, 3.8) is 0 Å². The van der Waals surface area contributed by atoms with E-state index in [9.17, 15) is 14.7 Å². The van der Waals surface area contributed by atoms with E-state index in [1.807, 2.05) is 30.3 Å². The zero-order chi connectivity index (χ0) is 17.5. The molecule has 7 heteroatoms. The zero-order valence-corrected chi connectivity index (χ0v) is 13.6. The number of hydrogen-bond donors (Lipinski definition) is 1. The van der Waals surface area contributed by atoms with E-state index in [1.165, 1.54) is 10.9 Å². The van der Waals surface area contributed by atoms with E-state index in [1.54, 1.807) is 13.8 Å².